The van der Waals surface area contributed by atoms with Crippen LogP contribution in [0.25, 0.3) is 5.57 Å². The lowest BCUT2D eigenvalue weighted by Crippen LogP contribution is -2.48. The molecular weight excluding hydrogens is 424 g/mol. The zero-order chi connectivity index (χ0) is 19.5. The Hall–Kier alpha value is -1.74. The normalized spacial score (nSPS) is 23.0. The number of rotatable bonds is 4. The molecule has 1 aromatic carbocycles. The van der Waals surface area contributed by atoms with Crippen LogP contribution in [0.3, 0.4) is 0 Å². The Morgan fingerprint density at radius 1 is 0.929 bits per heavy atom. The number of morpholine rings is 1. The van der Waals surface area contributed by atoms with Crippen LogP contribution < -0.4 is 5.32 Å². The van der Waals surface area contributed by atoms with Gasteiger partial charge in [0.1, 0.15) is 0 Å². The first-order valence-corrected chi connectivity index (χ1v) is 10.5. The smallest absolute Gasteiger partial charge is 0.260 e. The van der Waals surface area contributed by atoms with Crippen LogP contribution in [0.15, 0.2) is 28.9 Å². The third-order valence-corrected chi connectivity index (χ3v) is 6.04. The maximum atomic E-state index is 12.4. The molecule has 0 radical (unpaired) electrons. The van der Waals surface area contributed by atoms with Gasteiger partial charge in [0.05, 0.1) is 18.8 Å². The van der Waals surface area contributed by atoms with E-state index in [1.54, 1.807) is 6.07 Å². The van der Waals surface area contributed by atoms with Crippen LogP contribution >= 0.6 is 15.9 Å². The maximum Gasteiger partial charge on any atom is 0.260 e. The highest BCUT2D eigenvalue weighted by molar-refractivity contribution is 9.10. The number of imide groups is 1. The summed E-state index contributed by atoms with van der Waals surface area (Å²) >= 11 is 3.44. The van der Waals surface area contributed by atoms with Crippen molar-refractivity contribution >= 4 is 33.3 Å². The van der Waals surface area contributed by atoms with Crippen molar-refractivity contribution in [1.82, 2.24) is 20.0 Å². The molecule has 2 amide bonds. The van der Waals surface area contributed by atoms with Gasteiger partial charge in [0, 0.05) is 74.2 Å². The number of halogens is 1. The molecule has 0 aromatic heterocycles. The number of nitrogens with one attached hydrogen (secondary N) is 1. The van der Waals surface area contributed by atoms with Crippen molar-refractivity contribution in [2.45, 2.75) is 0 Å². The summed E-state index contributed by atoms with van der Waals surface area (Å²) in [7, 11) is 0. The Balaban J connectivity index is 1.38. The van der Waals surface area contributed by atoms with Gasteiger partial charge in [0.2, 0.25) is 0 Å². The zero-order valence-corrected chi connectivity index (χ0v) is 17.4. The second-order valence-corrected chi connectivity index (χ2v) is 8.26. The number of carbonyl (C=O) groups excluding carboxylic acids is 2. The molecule has 28 heavy (non-hydrogen) atoms. The van der Waals surface area contributed by atoms with Crippen molar-refractivity contribution in [2.24, 2.45) is 0 Å². The second-order valence-electron chi connectivity index (χ2n) is 7.35. The number of amides is 2. The molecule has 3 heterocycles. The molecular formula is C20H25BrN4O3. The number of hydrogen-bond acceptors (Lipinski definition) is 6. The fourth-order valence-corrected chi connectivity index (χ4v) is 4.19. The van der Waals surface area contributed by atoms with Crippen LogP contribution in [-0.4, -0.2) is 92.1 Å². The number of ether oxygens (including phenoxy) is 1. The van der Waals surface area contributed by atoms with Crippen molar-refractivity contribution in [3.63, 3.8) is 0 Å². The number of benzene rings is 1. The predicted octanol–water partition coefficient (Wildman–Crippen LogP) is 1.01. The number of hydrogen-bond donors (Lipinski definition) is 1. The summed E-state index contributed by atoms with van der Waals surface area (Å²) in [6, 6.07) is 5.41. The van der Waals surface area contributed by atoms with Crippen LogP contribution in [-0.2, 0) is 9.53 Å². The minimum absolute atomic E-state index is 0.328. The first-order chi connectivity index (χ1) is 13.6. The summed E-state index contributed by atoms with van der Waals surface area (Å²) in [5, 5.41) is 2.45. The minimum Gasteiger partial charge on any atom is -0.379 e. The van der Waals surface area contributed by atoms with E-state index in [9.17, 15) is 9.59 Å². The first kappa shape index (κ1) is 19.6. The Morgan fingerprint density at radius 2 is 1.61 bits per heavy atom. The Morgan fingerprint density at radius 3 is 2.32 bits per heavy atom. The van der Waals surface area contributed by atoms with Crippen molar-refractivity contribution in [2.75, 3.05) is 65.6 Å². The highest BCUT2D eigenvalue weighted by atomic mass is 79.9. The molecule has 3 aliphatic heterocycles. The standard InChI is InChI=1S/C20H25BrN4O3/c21-15-1-2-16-17(13-15)18(20(27)22-19(16)26)14-25-7-5-23(6-8-25)3-4-24-9-11-28-12-10-24/h1-2,13-14H,3-12H2,(H,22,26,27)/b18-14-. The molecule has 0 atom stereocenters. The molecule has 8 heteroatoms. The second kappa shape index (κ2) is 8.73. The van der Waals surface area contributed by atoms with Gasteiger partial charge in [-0.3, -0.25) is 24.7 Å². The Labute approximate surface area is 173 Å². The summed E-state index contributed by atoms with van der Waals surface area (Å²) in [5.74, 6) is -0.664. The minimum atomic E-state index is -0.336. The van der Waals surface area contributed by atoms with E-state index in [-0.39, 0.29) is 11.8 Å². The average molecular weight is 449 g/mol. The van der Waals surface area contributed by atoms with Gasteiger partial charge in [0.15, 0.2) is 0 Å². The third kappa shape index (κ3) is 4.46. The summed E-state index contributed by atoms with van der Waals surface area (Å²) in [6.07, 6.45) is 1.91. The number of carbonyl (C=O) groups is 2. The number of piperazine rings is 1. The summed E-state index contributed by atoms with van der Waals surface area (Å²) in [6.45, 7) is 9.55. The van der Waals surface area contributed by atoms with Crippen LogP contribution in [0.4, 0.5) is 0 Å². The number of nitrogens with zero attached hydrogens (tertiary/aromatic N) is 3. The van der Waals surface area contributed by atoms with Crippen LogP contribution in [0, 0.1) is 0 Å². The lowest BCUT2D eigenvalue weighted by Gasteiger charge is -2.36. The highest BCUT2D eigenvalue weighted by Crippen LogP contribution is 2.27. The predicted molar refractivity (Wildman–Crippen MR) is 110 cm³/mol. The quantitative estimate of drug-likeness (QED) is 0.547. The highest BCUT2D eigenvalue weighted by Gasteiger charge is 2.28. The van der Waals surface area contributed by atoms with Gasteiger partial charge < -0.3 is 9.64 Å². The van der Waals surface area contributed by atoms with Gasteiger partial charge in [-0.05, 0) is 18.2 Å². The van der Waals surface area contributed by atoms with E-state index in [0.717, 1.165) is 70.0 Å². The van der Waals surface area contributed by atoms with Gasteiger partial charge >= 0.3 is 0 Å². The van der Waals surface area contributed by atoms with Gasteiger partial charge in [-0.1, -0.05) is 15.9 Å². The fourth-order valence-electron chi connectivity index (χ4n) is 3.83. The molecule has 0 spiro atoms. The zero-order valence-electron chi connectivity index (χ0n) is 15.8. The molecule has 150 valence electrons. The van der Waals surface area contributed by atoms with E-state index in [1.807, 2.05) is 18.3 Å². The van der Waals surface area contributed by atoms with Gasteiger partial charge in [-0.25, -0.2) is 0 Å². The molecule has 4 rings (SSSR count). The lowest BCUT2D eigenvalue weighted by atomic mass is 9.95. The van der Waals surface area contributed by atoms with E-state index < -0.39 is 0 Å². The van der Waals surface area contributed by atoms with Gasteiger partial charge in [-0.15, -0.1) is 0 Å². The van der Waals surface area contributed by atoms with Gasteiger partial charge in [-0.2, -0.15) is 0 Å². The van der Waals surface area contributed by atoms with E-state index in [0.29, 0.717) is 16.7 Å². The molecule has 0 aliphatic carbocycles. The number of fused-ring (bicyclic) bond motifs is 1. The summed E-state index contributed by atoms with van der Waals surface area (Å²) in [4.78, 5) is 31.6. The van der Waals surface area contributed by atoms with E-state index >= 15 is 0 Å². The third-order valence-electron chi connectivity index (χ3n) is 5.54. The van der Waals surface area contributed by atoms with Crippen molar-refractivity contribution in [3.8, 4) is 0 Å². The molecule has 3 aliphatic rings. The van der Waals surface area contributed by atoms with Gasteiger partial charge in [0.25, 0.3) is 11.8 Å². The van der Waals surface area contributed by atoms with Crippen LogP contribution in [0.1, 0.15) is 15.9 Å². The lowest BCUT2D eigenvalue weighted by molar-refractivity contribution is -0.114. The topological polar surface area (TPSA) is 65.1 Å². The summed E-state index contributed by atoms with van der Waals surface area (Å²) in [5.41, 5.74) is 1.79. The monoisotopic (exact) mass is 448 g/mol. The van der Waals surface area contributed by atoms with Crippen molar-refractivity contribution in [1.29, 1.82) is 0 Å². The molecule has 2 fully saturated rings. The van der Waals surface area contributed by atoms with Crippen molar-refractivity contribution < 1.29 is 14.3 Å². The molecule has 7 nitrogen and oxygen atoms in total. The SMILES string of the molecule is O=C1NC(=O)c2ccc(Br)cc2/C1=C/N1CCN(CCN2CCOCC2)CC1. The first-order valence-electron chi connectivity index (χ1n) is 9.74. The maximum absolute atomic E-state index is 12.4. The van der Waals surface area contributed by atoms with E-state index in [1.165, 1.54) is 0 Å². The van der Waals surface area contributed by atoms with Crippen LogP contribution in [0.5, 0.6) is 0 Å². The summed E-state index contributed by atoms with van der Waals surface area (Å²) < 4.78 is 6.25. The largest absolute Gasteiger partial charge is 0.379 e. The van der Waals surface area contributed by atoms with Crippen LogP contribution in [0.2, 0.25) is 0 Å². The molecule has 1 N–H and O–H groups in total. The molecule has 0 saturated carbocycles. The molecule has 0 bridgehead atoms. The van der Waals surface area contributed by atoms with Crippen molar-refractivity contribution in [3.05, 3.63) is 40.0 Å². The van der Waals surface area contributed by atoms with E-state index in [2.05, 4.69) is 35.9 Å². The average Bonchev–Trinajstić information content (AvgIpc) is 2.71. The fraction of sp³-hybridized carbons (Fsp3) is 0.500. The Kier molecular flexibility index (Phi) is 6.10. The Bertz CT molecular complexity index is 784. The molecule has 2 saturated heterocycles. The molecule has 1 aromatic rings. The van der Waals surface area contributed by atoms with E-state index in [4.69, 9.17) is 4.74 Å². The molecule has 0 unspecified atom stereocenters.